The predicted molar refractivity (Wildman–Crippen MR) is 159 cm³/mol. The van der Waals surface area contributed by atoms with Gasteiger partial charge in [-0.1, -0.05) is 0 Å². The van der Waals surface area contributed by atoms with Gasteiger partial charge in [-0.2, -0.15) is 0 Å². The highest BCUT2D eigenvalue weighted by Crippen LogP contribution is 2.34. The number of ether oxygens (including phenoxy) is 1. The SMILES string of the molecule is COC(=O)[C@H]1CC[C@@H](CN2CC[C@H](Cc3cn(-c4ccc(F)cc4C(=O)N(C)C(C)C)c4cncc(C)c34)C2)CC1. The predicted octanol–water partition coefficient (Wildman–Crippen LogP) is 5.80. The fourth-order valence-corrected chi connectivity index (χ4v) is 6.78. The summed E-state index contributed by atoms with van der Waals surface area (Å²) < 4.78 is 21.4. The molecule has 1 saturated heterocycles. The van der Waals surface area contributed by atoms with Gasteiger partial charge in [-0.15, -0.1) is 0 Å². The summed E-state index contributed by atoms with van der Waals surface area (Å²) in [4.78, 5) is 34.0. The van der Waals surface area contributed by atoms with Crippen molar-refractivity contribution in [3.05, 3.63) is 59.3 Å². The van der Waals surface area contributed by atoms with E-state index >= 15 is 0 Å². The number of halogens is 1. The summed E-state index contributed by atoms with van der Waals surface area (Å²) in [6.07, 6.45) is 12.0. The Morgan fingerprint density at radius 3 is 2.59 bits per heavy atom. The number of aryl methyl sites for hydroxylation is 1. The zero-order valence-corrected chi connectivity index (χ0v) is 25.0. The van der Waals surface area contributed by atoms with Crippen molar-refractivity contribution in [2.24, 2.45) is 17.8 Å². The Labute approximate surface area is 242 Å². The molecule has 1 amide bonds. The number of likely N-dealkylation sites (tertiary alicyclic amines) is 1. The Morgan fingerprint density at radius 1 is 1.12 bits per heavy atom. The van der Waals surface area contributed by atoms with Crippen molar-refractivity contribution in [3.63, 3.8) is 0 Å². The maximum Gasteiger partial charge on any atom is 0.308 e. The van der Waals surface area contributed by atoms with Gasteiger partial charge in [-0.3, -0.25) is 14.6 Å². The topological polar surface area (TPSA) is 67.7 Å². The van der Waals surface area contributed by atoms with Crippen LogP contribution in [0.3, 0.4) is 0 Å². The highest BCUT2D eigenvalue weighted by molar-refractivity contribution is 5.99. The number of benzene rings is 1. The molecule has 1 aliphatic carbocycles. The lowest BCUT2D eigenvalue weighted by atomic mass is 9.82. The monoisotopic (exact) mass is 562 g/mol. The Hall–Kier alpha value is -3.26. The molecular weight excluding hydrogens is 519 g/mol. The van der Waals surface area contributed by atoms with Gasteiger partial charge in [0.05, 0.1) is 36.0 Å². The first-order chi connectivity index (χ1) is 19.7. The summed E-state index contributed by atoms with van der Waals surface area (Å²) in [5.41, 5.74) is 4.29. The lowest BCUT2D eigenvalue weighted by Crippen LogP contribution is -2.33. The Morgan fingerprint density at radius 2 is 1.88 bits per heavy atom. The smallest absolute Gasteiger partial charge is 0.308 e. The zero-order chi connectivity index (χ0) is 29.3. The number of pyridine rings is 1. The standard InChI is InChI=1S/C33H43FN4O3/c1-21(2)36(4)32(39)28-15-27(34)10-11-29(28)38-20-26(31-22(3)16-35-17-30(31)38)14-24-12-13-37(19-24)18-23-6-8-25(9-7-23)33(40)41-5/h10-11,15-17,20-21,23-25H,6-9,12-14,18-19H2,1-5H3/t23-,24-,25+/m1/s1. The Bertz CT molecular complexity index is 1410. The third kappa shape index (κ3) is 6.17. The fourth-order valence-electron chi connectivity index (χ4n) is 6.78. The molecule has 8 heteroatoms. The van der Waals surface area contributed by atoms with Gasteiger partial charge in [0.15, 0.2) is 0 Å². The summed E-state index contributed by atoms with van der Waals surface area (Å²) in [6, 6.07) is 4.46. The zero-order valence-electron chi connectivity index (χ0n) is 25.0. The summed E-state index contributed by atoms with van der Waals surface area (Å²) in [6.45, 7) is 9.24. The molecule has 0 spiro atoms. The molecule has 1 aliphatic heterocycles. The van der Waals surface area contributed by atoms with Crippen LogP contribution in [0.4, 0.5) is 4.39 Å². The van der Waals surface area contributed by atoms with Crippen LogP contribution < -0.4 is 0 Å². The number of carbonyl (C=O) groups is 2. The highest BCUT2D eigenvalue weighted by atomic mass is 19.1. The van der Waals surface area contributed by atoms with Crippen molar-refractivity contribution in [1.82, 2.24) is 19.4 Å². The van der Waals surface area contributed by atoms with E-state index in [2.05, 4.69) is 23.0 Å². The molecule has 2 aromatic heterocycles. The molecule has 5 rings (SSSR count). The molecule has 7 nitrogen and oxygen atoms in total. The third-order valence-corrected chi connectivity index (χ3v) is 9.30. The van der Waals surface area contributed by atoms with E-state index in [9.17, 15) is 14.0 Å². The van der Waals surface area contributed by atoms with Gasteiger partial charge in [-0.25, -0.2) is 4.39 Å². The number of carbonyl (C=O) groups excluding carboxylic acids is 2. The number of fused-ring (bicyclic) bond motifs is 1. The lowest BCUT2D eigenvalue weighted by Gasteiger charge is -2.30. The van der Waals surface area contributed by atoms with Gasteiger partial charge in [0.1, 0.15) is 5.82 Å². The van der Waals surface area contributed by atoms with Gasteiger partial charge < -0.3 is 19.1 Å². The number of amides is 1. The van der Waals surface area contributed by atoms with Gasteiger partial charge >= 0.3 is 5.97 Å². The van der Waals surface area contributed by atoms with Crippen molar-refractivity contribution in [3.8, 4) is 5.69 Å². The summed E-state index contributed by atoms with van der Waals surface area (Å²) in [5.74, 6) is 0.562. The van der Waals surface area contributed by atoms with E-state index in [0.29, 0.717) is 23.1 Å². The highest BCUT2D eigenvalue weighted by Gasteiger charge is 2.31. The van der Waals surface area contributed by atoms with E-state index < -0.39 is 5.82 Å². The third-order valence-electron chi connectivity index (χ3n) is 9.30. The molecule has 0 radical (unpaired) electrons. The van der Waals surface area contributed by atoms with Crippen molar-refractivity contribution in [2.45, 2.75) is 65.3 Å². The largest absolute Gasteiger partial charge is 0.469 e. The molecule has 3 heterocycles. The summed E-state index contributed by atoms with van der Waals surface area (Å²) in [7, 11) is 3.24. The van der Waals surface area contributed by atoms with Gasteiger partial charge in [-0.05, 0) is 107 Å². The quantitative estimate of drug-likeness (QED) is 0.325. The van der Waals surface area contributed by atoms with Crippen LogP contribution in [0.15, 0.2) is 36.8 Å². The first-order valence-corrected chi connectivity index (χ1v) is 15.0. The summed E-state index contributed by atoms with van der Waals surface area (Å²) in [5, 5.41) is 1.17. The average Bonchev–Trinajstić information content (AvgIpc) is 3.57. The Balaban J connectivity index is 1.35. The molecule has 41 heavy (non-hydrogen) atoms. The van der Waals surface area contributed by atoms with Crippen molar-refractivity contribution in [2.75, 3.05) is 33.8 Å². The number of esters is 1. The van der Waals surface area contributed by atoms with Crippen LogP contribution in [-0.4, -0.2) is 71.1 Å². The van der Waals surface area contributed by atoms with Crippen LogP contribution in [0, 0.1) is 30.5 Å². The number of nitrogens with zero attached hydrogens (tertiary/aromatic N) is 4. The molecular formula is C33H43FN4O3. The molecule has 1 saturated carbocycles. The van der Waals surface area contributed by atoms with Crippen LogP contribution in [0.5, 0.6) is 0 Å². The van der Waals surface area contributed by atoms with Crippen LogP contribution >= 0.6 is 0 Å². The second kappa shape index (κ2) is 12.3. The molecule has 220 valence electrons. The number of methoxy groups -OCH3 is 1. The fraction of sp³-hybridized carbons (Fsp3) is 0.545. The molecule has 0 N–H and O–H groups in total. The van der Waals surface area contributed by atoms with E-state index in [1.165, 1.54) is 30.2 Å². The first kappa shape index (κ1) is 29.2. The number of aromatic nitrogens is 2. The van der Waals surface area contributed by atoms with E-state index in [-0.39, 0.29) is 23.8 Å². The number of rotatable bonds is 8. The average molecular weight is 563 g/mol. The second-order valence-electron chi connectivity index (χ2n) is 12.4. The first-order valence-electron chi connectivity index (χ1n) is 15.0. The van der Waals surface area contributed by atoms with Crippen molar-refractivity contribution in [1.29, 1.82) is 0 Å². The van der Waals surface area contributed by atoms with Gasteiger partial charge in [0.25, 0.3) is 5.91 Å². The van der Waals surface area contributed by atoms with E-state index in [4.69, 9.17) is 4.74 Å². The van der Waals surface area contributed by atoms with E-state index in [0.717, 1.165) is 69.2 Å². The molecule has 1 aromatic carbocycles. The second-order valence-corrected chi connectivity index (χ2v) is 12.4. The Kier molecular flexibility index (Phi) is 8.78. The molecule has 0 unspecified atom stereocenters. The lowest BCUT2D eigenvalue weighted by molar-refractivity contribution is -0.146. The molecule has 1 atom stereocenters. The van der Waals surface area contributed by atoms with E-state index in [1.54, 1.807) is 18.0 Å². The van der Waals surface area contributed by atoms with Crippen LogP contribution in [-0.2, 0) is 16.0 Å². The van der Waals surface area contributed by atoms with E-state index in [1.807, 2.05) is 30.8 Å². The summed E-state index contributed by atoms with van der Waals surface area (Å²) >= 11 is 0. The van der Waals surface area contributed by atoms with Crippen molar-refractivity contribution >= 4 is 22.8 Å². The normalized spacial score (nSPS) is 21.5. The molecule has 3 aromatic rings. The number of hydrogen-bond donors (Lipinski definition) is 0. The minimum absolute atomic E-state index is 0.00676. The minimum Gasteiger partial charge on any atom is -0.469 e. The molecule has 0 bridgehead atoms. The van der Waals surface area contributed by atoms with Crippen LogP contribution in [0.25, 0.3) is 16.6 Å². The maximum atomic E-state index is 14.4. The van der Waals surface area contributed by atoms with Crippen molar-refractivity contribution < 1.29 is 18.7 Å². The van der Waals surface area contributed by atoms with Crippen LogP contribution in [0.2, 0.25) is 0 Å². The van der Waals surface area contributed by atoms with Gasteiger partial charge in [0, 0.05) is 44.0 Å². The molecule has 2 fully saturated rings. The minimum atomic E-state index is -0.426. The van der Waals surface area contributed by atoms with Gasteiger partial charge in [0.2, 0.25) is 0 Å². The number of hydrogen-bond acceptors (Lipinski definition) is 5. The molecule has 2 aliphatic rings. The maximum absolute atomic E-state index is 14.4. The van der Waals surface area contributed by atoms with Crippen LogP contribution in [0.1, 0.15) is 67.4 Å².